The van der Waals surface area contributed by atoms with Gasteiger partial charge in [0.1, 0.15) is 0 Å². The van der Waals surface area contributed by atoms with Crippen LogP contribution >= 0.6 is 0 Å². The first-order valence-electron chi connectivity index (χ1n) is 7.22. The van der Waals surface area contributed by atoms with E-state index in [2.05, 4.69) is 16.7 Å². The van der Waals surface area contributed by atoms with Gasteiger partial charge in [0.05, 0.1) is 17.7 Å². The van der Waals surface area contributed by atoms with E-state index in [-0.39, 0.29) is 11.9 Å². The molecule has 0 spiro atoms. The van der Waals surface area contributed by atoms with E-state index in [0.717, 1.165) is 18.4 Å². The number of carbonyl (C=O) groups excluding carboxylic acids is 1. The molecule has 0 aromatic heterocycles. The van der Waals surface area contributed by atoms with Crippen LogP contribution in [0.5, 0.6) is 0 Å². The van der Waals surface area contributed by atoms with Crippen LogP contribution in [0, 0.1) is 11.3 Å². The standard InChI is InChI=1S/C16H21N3O/c1-12(16(20)19-15-4-2-3-5-15)18-11-14-8-6-13(10-17)7-9-14/h6-9,12,15,18H,2-5,11H2,1H3,(H,19,20). The molecule has 4 nitrogen and oxygen atoms in total. The second-order valence-corrected chi connectivity index (χ2v) is 5.40. The fourth-order valence-corrected chi connectivity index (χ4v) is 2.46. The molecule has 1 aliphatic carbocycles. The van der Waals surface area contributed by atoms with Gasteiger partial charge in [-0.1, -0.05) is 25.0 Å². The Balaban J connectivity index is 1.77. The van der Waals surface area contributed by atoms with E-state index in [1.807, 2.05) is 19.1 Å². The molecule has 0 bridgehead atoms. The summed E-state index contributed by atoms with van der Waals surface area (Å²) in [6.07, 6.45) is 4.65. The van der Waals surface area contributed by atoms with Crippen LogP contribution in [-0.2, 0) is 11.3 Å². The third-order valence-corrected chi connectivity index (χ3v) is 3.79. The summed E-state index contributed by atoms with van der Waals surface area (Å²) in [5.41, 5.74) is 1.73. The molecule has 1 aliphatic rings. The Bertz CT molecular complexity index is 483. The van der Waals surface area contributed by atoms with Crippen molar-refractivity contribution in [2.75, 3.05) is 0 Å². The minimum atomic E-state index is -0.203. The average Bonchev–Trinajstić information content (AvgIpc) is 2.98. The monoisotopic (exact) mass is 271 g/mol. The van der Waals surface area contributed by atoms with Gasteiger partial charge in [-0.15, -0.1) is 0 Å². The number of nitriles is 1. The Hall–Kier alpha value is -1.86. The first kappa shape index (κ1) is 14.5. The molecule has 1 aromatic rings. The fourth-order valence-electron chi connectivity index (χ4n) is 2.46. The van der Waals surface area contributed by atoms with Gasteiger partial charge in [0.15, 0.2) is 0 Å². The molecule has 2 N–H and O–H groups in total. The maximum absolute atomic E-state index is 12.0. The molecule has 0 aliphatic heterocycles. The lowest BCUT2D eigenvalue weighted by Gasteiger charge is -2.17. The minimum absolute atomic E-state index is 0.0746. The summed E-state index contributed by atoms with van der Waals surface area (Å²) in [5, 5.41) is 15.0. The molecule has 1 saturated carbocycles. The number of hydrogen-bond donors (Lipinski definition) is 2. The van der Waals surface area contributed by atoms with Gasteiger partial charge < -0.3 is 10.6 Å². The van der Waals surface area contributed by atoms with Crippen LogP contribution in [-0.4, -0.2) is 18.0 Å². The van der Waals surface area contributed by atoms with Gasteiger partial charge in [0, 0.05) is 12.6 Å². The molecule has 0 radical (unpaired) electrons. The molecule has 4 heteroatoms. The van der Waals surface area contributed by atoms with Crippen LogP contribution in [0.3, 0.4) is 0 Å². The number of benzene rings is 1. The quantitative estimate of drug-likeness (QED) is 0.862. The summed E-state index contributed by atoms with van der Waals surface area (Å²) in [6, 6.07) is 9.66. The van der Waals surface area contributed by atoms with Gasteiger partial charge in [-0.2, -0.15) is 5.26 Å². The van der Waals surface area contributed by atoms with Crippen molar-refractivity contribution in [1.29, 1.82) is 5.26 Å². The summed E-state index contributed by atoms with van der Waals surface area (Å²) >= 11 is 0. The highest BCUT2D eigenvalue weighted by molar-refractivity contribution is 5.81. The van der Waals surface area contributed by atoms with Crippen molar-refractivity contribution in [2.24, 2.45) is 0 Å². The zero-order valence-electron chi connectivity index (χ0n) is 11.9. The first-order chi connectivity index (χ1) is 9.69. The third-order valence-electron chi connectivity index (χ3n) is 3.79. The Morgan fingerprint density at radius 1 is 1.35 bits per heavy atom. The molecule has 1 atom stereocenters. The van der Waals surface area contributed by atoms with Gasteiger partial charge in [0.2, 0.25) is 5.91 Å². The van der Waals surface area contributed by atoms with E-state index >= 15 is 0 Å². The van der Waals surface area contributed by atoms with Gasteiger partial charge in [0.25, 0.3) is 0 Å². The molecule has 1 aromatic carbocycles. The van der Waals surface area contributed by atoms with Crippen LogP contribution in [0.15, 0.2) is 24.3 Å². The number of carbonyl (C=O) groups is 1. The fraction of sp³-hybridized carbons (Fsp3) is 0.500. The van der Waals surface area contributed by atoms with Crippen LogP contribution in [0.1, 0.15) is 43.7 Å². The van der Waals surface area contributed by atoms with E-state index < -0.39 is 0 Å². The summed E-state index contributed by atoms with van der Waals surface area (Å²) in [4.78, 5) is 12.0. The van der Waals surface area contributed by atoms with Gasteiger partial charge in [-0.25, -0.2) is 0 Å². The molecule has 0 saturated heterocycles. The van der Waals surface area contributed by atoms with Crippen molar-refractivity contribution >= 4 is 5.91 Å². The lowest BCUT2D eigenvalue weighted by Crippen LogP contribution is -2.45. The van der Waals surface area contributed by atoms with Crippen molar-refractivity contribution in [2.45, 2.75) is 51.2 Å². The summed E-state index contributed by atoms with van der Waals surface area (Å²) in [6.45, 7) is 2.51. The first-order valence-corrected chi connectivity index (χ1v) is 7.22. The van der Waals surface area contributed by atoms with Gasteiger partial charge >= 0.3 is 0 Å². The largest absolute Gasteiger partial charge is 0.352 e. The van der Waals surface area contributed by atoms with E-state index in [9.17, 15) is 4.79 Å². The lowest BCUT2D eigenvalue weighted by atomic mass is 10.1. The molecule has 20 heavy (non-hydrogen) atoms. The van der Waals surface area contributed by atoms with Crippen molar-refractivity contribution in [3.05, 3.63) is 35.4 Å². The second-order valence-electron chi connectivity index (χ2n) is 5.40. The number of nitrogens with zero attached hydrogens (tertiary/aromatic N) is 1. The number of hydrogen-bond acceptors (Lipinski definition) is 3. The normalized spacial score (nSPS) is 16.6. The molecular weight excluding hydrogens is 250 g/mol. The Morgan fingerprint density at radius 3 is 2.60 bits per heavy atom. The van der Waals surface area contributed by atoms with E-state index in [1.165, 1.54) is 12.8 Å². The highest BCUT2D eigenvalue weighted by atomic mass is 16.2. The Morgan fingerprint density at radius 2 is 2.00 bits per heavy atom. The summed E-state index contributed by atoms with van der Waals surface area (Å²) in [7, 11) is 0. The maximum atomic E-state index is 12.0. The SMILES string of the molecule is CC(NCc1ccc(C#N)cc1)C(=O)NC1CCCC1. The molecule has 1 amide bonds. The van der Waals surface area contributed by atoms with Crippen LogP contribution in [0.25, 0.3) is 0 Å². The number of amides is 1. The predicted octanol–water partition coefficient (Wildman–Crippen LogP) is 2.10. The second kappa shape index (κ2) is 7.06. The third kappa shape index (κ3) is 4.07. The van der Waals surface area contributed by atoms with Crippen molar-refractivity contribution in [3.8, 4) is 6.07 Å². The number of nitrogens with one attached hydrogen (secondary N) is 2. The van der Waals surface area contributed by atoms with E-state index in [4.69, 9.17) is 5.26 Å². The Kier molecular flexibility index (Phi) is 5.14. The molecule has 0 heterocycles. The van der Waals surface area contributed by atoms with Crippen molar-refractivity contribution < 1.29 is 4.79 Å². The van der Waals surface area contributed by atoms with E-state index in [1.54, 1.807) is 12.1 Å². The summed E-state index contributed by atoms with van der Waals surface area (Å²) < 4.78 is 0. The Labute approximate surface area is 120 Å². The zero-order valence-corrected chi connectivity index (χ0v) is 11.9. The molecule has 1 unspecified atom stereocenters. The van der Waals surface area contributed by atoms with Crippen LogP contribution in [0.4, 0.5) is 0 Å². The van der Waals surface area contributed by atoms with E-state index in [0.29, 0.717) is 18.2 Å². The molecular formula is C16H21N3O. The summed E-state index contributed by atoms with van der Waals surface area (Å²) in [5.74, 6) is 0.0746. The van der Waals surface area contributed by atoms with Crippen LogP contribution in [0.2, 0.25) is 0 Å². The van der Waals surface area contributed by atoms with Crippen molar-refractivity contribution in [1.82, 2.24) is 10.6 Å². The number of rotatable bonds is 5. The highest BCUT2D eigenvalue weighted by Crippen LogP contribution is 2.17. The smallest absolute Gasteiger partial charge is 0.237 e. The predicted molar refractivity (Wildman–Crippen MR) is 77.9 cm³/mol. The highest BCUT2D eigenvalue weighted by Gasteiger charge is 2.20. The maximum Gasteiger partial charge on any atom is 0.237 e. The molecule has 106 valence electrons. The van der Waals surface area contributed by atoms with Gasteiger partial charge in [-0.3, -0.25) is 4.79 Å². The molecule has 1 fully saturated rings. The van der Waals surface area contributed by atoms with Crippen molar-refractivity contribution in [3.63, 3.8) is 0 Å². The average molecular weight is 271 g/mol. The lowest BCUT2D eigenvalue weighted by molar-refractivity contribution is -0.123. The zero-order chi connectivity index (χ0) is 14.4. The van der Waals surface area contributed by atoms with Gasteiger partial charge in [-0.05, 0) is 37.5 Å². The topological polar surface area (TPSA) is 64.9 Å². The van der Waals surface area contributed by atoms with Crippen LogP contribution < -0.4 is 10.6 Å². The molecule has 2 rings (SSSR count). The minimum Gasteiger partial charge on any atom is -0.352 e.